The summed E-state index contributed by atoms with van der Waals surface area (Å²) < 4.78 is 0. The van der Waals surface area contributed by atoms with E-state index in [0.29, 0.717) is 12.2 Å². The molecule has 0 fully saturated rings. The molecule has 6 nitrogen and oxygen atoms in total. The fraction of sp³-hybridized carbons (Fsp3) is 0.238. The van der Waals surface area contributed by atoms with Crippen molar-refractivity contribution in [1.82, 2.24) is 10.3 Å². The molecule has 5 rings (SSSR count). The Kier molecular flexibility index (Phi) is 3.39. The lowest BCUT2D eigenvalue weighted by Crippen LogP contribution is -2.99. The van der Waals surface area contributed by atoms with Crippen LogP contribution in [0.2, 0.25) is 0 Å². The highest BCUT2D eigenvalue weighted by molar-refractivity contribution is 6.23. The topological polar surface area (TPSA) is 81.8 Å². The van der Waals surface area contributed by atoms with E-state index in [-0.39, 0.29) is 11.9 Å². The highest BCUT2D eigenvalue weighted by Gasteiger charge is 2.60. The van der Waals surface area contributed by atoms with Crippen LogP contribution in [-0.2, 0) is 16.8 Å². The van der Waals surface area contributed by atoms with Crippen LogP contribution in [0.5, 0.6) is 0 Å². The van der Waals surface area contributed by atoms with E-state index < -0.39 is 5.54 Å². The summed E-state index contributed by atoms with van der Waals surface area (Å²) in [5.74, 6) is -0.206. The number of fused-ring (bicyclic) bond motifs is 6. The number of carbonyl (C=O) groups is 2. The van der Waals surface area contributed by atoms with Crippen LogP contribution < -0.4 is 15.5 Å². The number of imide groups is 1. The number of benzene rings is 2. The molecular weight excluding hydrogens is 340 g/mol. The third-order valence-corrected chi connectivity index (χ3v) is 5.69. The van der Waals surface area contributed by atoms with Gasteiger partial charge >= 0.3 is 11.9 Å². The number of aromatic nitrogens is 1. The molecule has 136 valence electrons. The van der Waals surface area contributed by atoms with Gasteiger partial charge in [-0.1, -0.05) is 30.3 Å². The summed E-state index contributed by atoms with van der Waals surface area (Å²) >= 11 is 0. The molecule has 3 heterocycles. The summed E-state index contributed by atoms with van der Waals surface area (Å²) in [6.45, 7) is 3.11. The van der Waals surface area contributed by atoms with E-state index >= 15 is 0 Å². The molecule has 3 amide bonds. The van der Waals surface area contributed by atoms with Gasteiger partial charge in [0, 0.05) is 23.9 Å². The van der Waals surface area contributed by atoms with Crippen molar-refractivity contribution in [2.75, 3.05) is 18.0 Å². The van der Waals surface area contributed by atoms with Gasteiger partial charge in [0.2, 0.25) is 5.54 Å². The molecular formula is C21H21N4O2+. The summed E-state index contributed by atoms with van der Waals surface area (Å²) in [7, 11) is 0. The largest absolute Gasteiger partial charge is 0.352 e. The SMILES string of the molecule is CCNC(=O)N1C(=O)[C@]2([NH2+]CCc3c2[nH]c2ccccc32)c2ccccc21. The molecule has 6 heteroatoms. The van der Waals surface area contributed by atoms with Gasteiger partial charge in [-0.25, -0.2) is 9.69 Å². The molecule has 0 aliphatic carbocycles. The monoisotopic (exact) mass is 361 g/mol. The maximum Gasteiger partial charge on any atom is 0.328 e. The minimum atomic E-state index is -0.936. The number of carbonyl (C=O) groups excluding carboxylic acids is 2. The van der Waals surface area contributed by atoms with Gasteiger partial charge in [-0.05, 0) is 30.7 Å². The number of nitrogens with one attached hydrogen (secondary N) is 2. The number of amides is 3. The van der Waals surface area contributed by atoms with Gasteiger partial charge in [-0.15, -0.1) is 0 Å². The number of anilines is 1. The van der Waals surface area contributed by atoms with E-state index in [4.69, 9.17) is 0 Å². The van der Waals surface area contributed by atoms with Gasteiger partial charge in [-0.2, -0.15) is 0 Å². The molecule has 1 aromatic heterocycles. The first-order chi connectivity index (χ1) is 13.2. The van der Waals surface area contributed by atoms with E-state index in [1.807, 2.05) is 49.4 Å². The Morgan fingerprint density at radius 1 is 1.22 bits per heavy atom. The Hall–Kier alpha value is -3.12. The van der Waals surface area contributed by atoms with Crippen molar-refractivity contribution in [3.8, 4) is 0 Å². The number of para-hydroxylation sites is 2. The zero-order chi connectivity index (χ0) is 18.6. The zero-order valence-corrected chi connectivity index (χ0v) is 15.1. The standard InChI is InChI=1S/C21H20N4O2/c1-2-22-20(27)25-17-10-6-4-8-15(17)21(19(25)26)18-14(11-12-23-21)13-7-3-5-9-16(13)24-18/h3-10,23-24H,2,11-12H2,1H3,(H,22,27)/p+1/t21-/m0/s1. The van der Waals surface area contributed by atoms with Crippen LogP contribution >= 0.6 is 0 Å². The molecule has 2 aliphatic heterocycles. The number of quaternary nitrogens is 1. The Morgan fingerprint density at radius 3 is 2.85 bits per heavy atom. The van der Waals surface area contributed by atoms with Crippen molar-refractivity contribution in [3.05, 3.63) is 65.4 Å². The average molecular weight is 361 g/mol. The van der Waals surface area contributed by atoms with Gasteiger partial charge in [0.25, 0.3) is 0 Å². The lowest BCUT2D eigenvalue weighted by molar-refractivity contribution is -0.714. The minimum Gasteiger partial charge on any atom is -0.352 e. The fourth-order valence-corrected chi connectivity index (χ4v) is 4.61. The van der Waals surface area contributed by atoms with Crippen LogP contribution in [0.3, 0.4) is 0 Å². The number of aromatic amines is 1. The second-order valence-electron chi connectivity index (χ2n) is 7.07. The quantitative estimate of drug-likeness (QED) is 0.615. The summed E-state index contributed by atoms with van der Waals surface area (Å²) in [6.07, 6.45) is 0.887. The summed E-state index contributed by atoms with van der Waals surface area (Å²) in [5.41, 5.74) is 3.70. The number of H-pyrrole nitrogens is 1. The first-order valence-corrected chi connectivity index (χ1v) is 9.34. The smallest absolute Gasteiger partial charge is 0.328 e. The first-order valence-electron chi connectivity index (χ1n) is 9.34. The second-order valence-corrected chi connectivity index (χ2v) is 7.07. The lowest BCUT2D eigenvalue weighted by atomic mass is 9.82. The van der Waals surface area contributed by atoms with Crippen molar-refractivity contribution in [2.24, 2.45) is 0 Å². The highest BCUT2D eigenvalue weighted by atomic mass is 16.2. The van der Waals surface area contributed by atoms with Gasteiger partial charge in [0.1, 0.15) is 0 Å². The van der Waals surface area contributed by atoms with Crippen LogP contribution in [0.25, 0.3) is 10.9 Å². The molecule has 4 N–H and O–H groups in total. The molecule has 3 aromatic rings. The Labute approximate surface area is 156 Å². The van der Waals surface area contributed by atoms with Gasteiger partial charge in [0.05, 0.1) is 23.5 Å². The molecule has 2 aliphatic rings. The Bertz CT molecular complexity index is 1090. The number of urea groups is 1. The normalized spacial score (nSPS) is 20.8. The van der Waals surface area contributed by atoms with Crippen molar-refractivity contribution in [1.29, 1.82) is 0 Å². The average Bonchev–Trinajstić information content (AvgIpc) is 3.18. The maximum absolute atomic E-state index is 13.7. The maximum atomic E-state index is 13.7. The Balaban J connectivity index is 1.79. The zero-order valence-electron chi connectivity index (χ0n) is 15.1. The highest BCUT2D eigenvalue weighted by Crippen LogP contribution is 2.45. The van der Waals surface area contributed by atoms with Crippen molar-refractivity contribution < 1.29 is 14.9 Å². The van der Waals surface area contributed by atoms with E-state index in [9.17, 15) is 9.59 Å². The number of rotatable bonds is 1. The van der Waals surface area contributed by atoms with Crippen LogP contribution in [-0.4, -0.2) is 30.0 Å². The van der Waals surface area contributed by atoms with E-state index in [0.717, 1.165) is 35.1 Å². The van der Waals surface area contributed by atoms with Gasteiger partial charge in [0.15, 0.2) is 0 Å². The number of nitrogens with zero attached hydrogens (tertiary/aromatic N) is 1. The van der Waals surface area contributed by atoms with E-state index in [1.54, 1.807) is 0 Å². The molecule has 27 heavy (non-hydrogen) atoms. The molecule has 0 radical (unpaired) electrons. The van der Waals surface area contributed by atoms with E-state index in [2.05, 4.69) is 21.7 Å². The number of nitrogens with two attached hydrogens (primary N) is 1. The molecule has 0 unspecified atom stereocenters. The first kappa shape index (κ1) is 16.1. The fourth-order valence-electron chi connectivity index (χ4n) is 4.61. The predicted molar refractivity (Wildman–Crippen MR) is 103 cm³/mol. The minimum absolute atomic E-state index is 0.206. The van der Waals surface area contributed by atoms with Crippen molar-refractivity contribution >= 4 is 28.5 Å². The molecule has 0 saturated carbocycles. The molecule has 0 saturated heterocycles. The third kappa shape index (κ3) is 1.99. The Morgan fingerprint density at radius 2 is 2.00 bits per heavy atom. The van der Waals surface area contributed by atoms with Crippen LogP contribution in [0.15, 0.2) is 48.5 Å². The van der Waals surface area contributed by atoms with E-state index in [1.165, 1.54) is 10.5 Å². The van der Waals surface area contributed by atoms with Gasteiger partial charge in [-0.3, -0.25) is 4.79 Å². The molecule has 1 spiro atoms. The van der Waals surface area contributed by atoms with Crippen molar-refractivity contribution in [2.45, 2.75) is 18.9 Å². The van der Waals surface area contributed by atoms with Crippen molar-refractivity contribution in [3.63, 3.8) is 0 Å². The summed E-state index contributed by atoms with van der Waals surface area (Å²) in [6, 6.07) is 15.4. The number of hydrogen-bond donors (Lipinski definition) is 3. The lowest BCUT2D eigenvalue weighted by Gasteiger charge is -2.30. The molecule has 1 atom stereocenters. The molecule has 2 aromatic carbocycles. The summed E-state index contributed by atoms with van der Waals surface area (Å²) in [4.78, 5) is 31.2. The predicted octanol–water partition coefficient (Wildman–Crippen LogP) is 1.61. The number of hydrogen-bond acceptors (Lipinski definition) is 2. The third-order valence-electron chi connectivity index (χ3n) is 5.69. The molecule has 0 bridgehead atoms. The van der Waals surface area contributed by atoms with Crippen LogP contribution in [0.1, 0.15) is 23.7 Å². The van der Waals surface area contributed by atoms with Crippen LogP contribution in [0, 0.1) is 0 Å². The van der Waals surface area contributed by atoms with Crippen LogP contribution in [0.4, 0.5) is 10.5 Å². The summed E-state index contributed by atoms with van der Waals surface area (Å²) in [5, 5.41) is 6.00. The van der Waals surface area contributed by atoms with Gasteiger partial charge < -0.3 is 15.6 Å². The second kappa shape index (κ2) is 5.69.